The van der Waals surface area contributed by atoms with Gasteiger partial charge in [-0.15, -0.1) is 0 Å². The van der Waals surface area contributed by atoms with Crippen LogP contribution in [-0.4, -0.2) is 36.5 Å². The van der Waals surface area contributed by atoms with Crippen LogP contribution in [-0.2, 0) is 14.3 Å². The molecule has 6 nitrogen and oxygen atoms in total. The molecule has 0 spiro atoms. The molecule has 7 heteroatoms. The van der Waals surface area contributed by atoms with E-state index in [4.69, 9.17) is 16.3 Å². The van der Waals surface area contributed by atoms with Gasteiger partial charge < -0.3 is 15.4 Å². The van der Waals surface area contributed by atoms with Crippen LogP contribution in [0.3, 0.4) is 0 Å². The maximum atomic E-state index is 12.3. The first-order chi connectivity index (χ1) is 11.8. The summed E-state index contributed by atoms with van der Waals surface area (Å²) in [7, 11) is 0. The second kappa shape index (κ2) is 8.85. The first-order valence-electron chi connectivity index (χ1n) is 8.37. The summed E-state index contributed by atoms with van der Waals surface area (Å²) < 4.78 is 5.06. The van der Waals surface area contributed by atoms with E-state index in [9.17, 15) is 14.4 Å². The van der Waals surface area contributed by atoms with E-state index in [0.29, 0.717) is 17.0 Å². The van der Waals surface area contributed by atoms with Gasteiger partial charge in [0.15, 0.2) is 6.61 Å². The fraction of sp³-hybridized carbons (Fsp3) is 0.500. The highest BCUT2D eigenvalue weighted by Gasteiger charge is 2.26. The van der Waals surface area contributed by atoms with Crippen molar-refractivity contribution in [3.63, 3.8) is 0 Å². The van der Waals surface area contributed by atoms with Crippen molar-refractivity contribution in [2.45, 2.75) is 45.2 Å². The van der Waals surface area contributed by atoms with Crippen molar-refractivity contribution >= 4 is 29.4 Å². The van der Waals surface area contributed by atoms with E-state index in [1.165, 1.54) is 0 Å². The first-order valence-corrected chi connectivity index (χ1v) is 8.75. The predicted octanol–water partition coefficient (Wildman–Crippen LogP) is 2.31. The average molecular weight is 367 g/mol. The van der Waals surface area contributed by atoms with Gasteiger partial charge in [0.25, 0.3) is 11.8 Å². The molecule has 0 bridgehead atoms. The summed E-state index contributed by atoms with van der Waals surface area (Å²) in [6.07, 6.45) is 2.35. The number of amides is 2. The van der Waals surface area contributed by atoms with Crippen LogP contribution in [0.2, 0.25) is 5.02 Å². The van der Waals surface area contributed by atoms with E-state index in [2.05, 4.69) is 10.6 Å². The summed E-state index contributed by atoms with van der Waals surface area (Å²) in [4.78, 5) is 36.2. The topological polar surface area (TPSA) is 84.5 Å². The van der Waals surface area contributed by atoms with Crippen LogP contribution >= 0.6 is 11.6 Å². The first kappa shape index (κ1) is 19.2. The van der Waals surface area contributed by atoms with Crippen LogP contribution in [0.4, 0.5) is 0 Å². The highest BCUT2D eigenvalue weighted by atomic mass is 35.5. The lowest BCUT2D eigenvalue weighted by atomic mass is 10.0. The lowest BCUT2D eigenvalue weighted by Crippen LogP contribution is -2.43. The molecule has 1 aliphatic rings. The summed E-state index contributed by atoms with van der Waals surface area (Å²) >= 11 is 5.81. The Bertz CT molecular complexity index is 626. The number of benzene rings is 1. The molecule has 0 aliphatic heterocycles. The van der Waals surface area contributed by atoms with Crippen molar-refractivity contribution in [2.75, 3.05) is 6.61 Å². The van der Waals surface area contributed by atoms with E-state index in [0.717, 1.165) is 12.8 Å². The third kappa shape index (κ3) is 6.74. The maximum absolute atomic E-state index is 12.3. The third-order valence-corrected chi connectivity index (χ3v) is 3.94. The van der Waals surface area contributed by atoms with Crippen molar-refractivity contribution in [1.29, 1.82) is 0 Å². The Balaban J connectivity index is 1.91. The summed E-state index contributed by atoms with van der Waals surface area (Å²) in [5.41, 5.74) is 0.400. The standard InChI is InChI=1S/C18H23ClN2O4/c1-11(2)9-15(18(24)25-10-16(22)20-14-7-8-14)21-17(23)12-3-5-13(19)6-4-12/h3-6,11,14-15H,7-10H2,1-2H3,(H,20,22)(H,21,23)/t15-/m1/s1. The molecular weight excluding hydrogens is 344 g/mol. The van der Waals surface area contributed by atoms with Gasteiger partial charge in [-0.1, -0.05) is 25.4 Å². The van der Waals surface area contributed by atoms with Crippen LogP contribution in [0.1, 0.15) is 43.5 Å². The van der Waals surface area contributed by atoms with Gasteiger partial charge in [0.2, 0.25) is 0 Å². The molecule has 1 fully saturated rings. The summed E-state index contributed by atoms with van der Waals surface area (Å²) in [6, 6.07) is 5.78. The minimum absolute atomic E-state index is 0.170. The highest BCUT2D eigenvalue weighted by molar-refractivity contribution is 6.30. The SMILES string of the molecule is CC(C)C[C@@H](NC(=O)c1ccc(Cl)cc1)C(=O)OCC(=O)NC1CC1. The number of halogens is 1. The van der Waals surface area contributed by atoms with E-state index < -0.39 is 12.0 Å². The fourth-order valence-electron chi connectivity index (χ4n) is 2.26. The van der Waals surface area contributed by atoms with Crippen LogP contribution in [0.15, 0.2) is 24.3 Å². The Kier molecular flexibility index (Phi) is 6.82. The molecule has 0 radical (unpaired) electrons. The zero-order valence-corrected chi connectivity index (χ0v) is 15.1. The van der Waals surface area contributed by atoms with Gasteiger partial charge in [-0.2, -0.15) is 0 Å². The van der Waals surface area contributed by atoms with Gasteiger partial charge in [0.1, 0.15) is 6.04 Å². The number of esters is 1. The van der Waals surface area contributed by atoms with E-state index in [1.54, 1.807) is 24.3 Å². The number of hydrogen-bond donors (Lipinski definition) is 2. The lowest BCUT2D eigenvalue weighted by molar-refractivity contribution is -0.150. The average Bonchev–Trinajstić information content (AvgIpc) is 3.36. The quantitative estimate of drug-likeness (QED) is 0.691. The molecular formula is C18H23ClN2O4. The molecule has 0 unspecified atom stereocenters. The Morgan fingerprint density at radius 3 is 2.40 bits per heavy atom. The molecule has 1 aromatic rings. The Hall–Kier alpha value is -2.08. The predicted molar refractivity (Wildman–Crippen MR) is 94.3 cm³/mol. The van der Waals surface area contributed by atoms with Crippen molar-refractivity contribution < 1.29 is 19.1 Å². The third-order valence-electron chi connectivity index (χ3n) is 3.69. The zero-order valence-electron chi connectivity index (χ0n) is 14.4. The molecule has 136 valence electrons. The summed E-state index contributed by atoms with van der Waals surface area (Å²) in [6.45, 7) is 3.55. The molecule has 1 aromatic carbocycles. The van der Waals surface area contributed by atoms with Gasteiger partial charge >= 0.3 is 5.97 Å². The number of ether oxygens (including phenoxy) is 1. The number of nitrogens with one attached hydrogen (secondary N) is 2. The Morgan fingerprint density at radius 2 is 1.84 bits per heavy atom. The highest BCUT2D eigenvalue weighted by Crippen LogP contribution is 2.18. The second-order valence-electron chi connectivity index (χ2n) is 6.61. The second-order valence-corrected chi connectivity index (χ2v) is 7.05. The van der Waals surface area contributed by atoms with E-state index in [-0.39, 0.29) is 30.4 Å². The largest absolute Gasteiger partial charge is 0.454 e. The van der Waals surface area contributed by atoms with Gasteiger partial charge in [-0.05, 0) is 49.4 Å². The van der Waals surface area contributed by atoms with Crippen LogP contribution in [0, 0.1) is 5.92 Å². The lowest BCUT2D eigenvalue weighted by Gasteiger charge is -2.19. The number of carbonyl (C=O) groups is 3. The molecule has 2 N–H and O–H groups in total. The van der Waals surface area contributed by atoms with Crippen molar-refractivity contribution in [3.05, 3.63) is 34.9 Å². The fourth-order valence-corrected chi connectivity index (χ4v) is 2.39. The van der Waals surface area contributed by atoms with Crippen LogP contribution in [0.25, 0.3) is 0 Å². The van der Waals surface area contributed by atoms with Gasteiger partial charge in [-0.3, -0.25) is 9.59 Å². The molecule has 2 amide bonds. The summed E-state index contributed by atoms with van der Waals surface area (Å²) in [5.74, 6) is -1.14. The molecule has 1 aliphatic carbocycles. The molecule has 0 aromatic heterocycles. The van der Waals surface area contributed by atoms with Crippen molar-refractivity contribution in [1.82, 2.24) is 10.6 Å². The van der Waals surface area contributed by atoms with E-state index >= 15 is 0 Å². The van der Waals surface area contributed by atoms with Gasteiger partial charge in [-0.25, -0.2) is 4.79 Å². The maximum Gasteiger partial charge on any atom is 0.329 e. The van der Waals surface area contributed by atoms with Crippen molar-refractivity contribution in [3.8, 4) is 0 Å². The van der Waals surface area contributed by atoms with E-state index in [1.807, 2.05) is 13.8 Å². The smallest absolute Gasteiger partial charge is 0.329 e. The summed E-state index contributed by atoms with van der Waals surface area (Å²) in [5, 5.41) is 5.94. The molecule has 1 saturated carbocycles. The van der Waals surface area contributed by atoms with Crippen molar-refractivity contribution in [2.24, 2.45) is 5.92 Å². The van der Waals surface area contributed by atoms with Crippen LogP contribution < -0.4 is 10.6 Å². The zero-order chi connectivity index (χ0) is 18.4. The molecule has 0 saturated heterocycles. The minimum Gasteiger partial charge on any atom is -0.454 e. The minimum atomic E-state index is -0.808. The number of hydrogen-bond acceptors (Lipinski definition) is 4. The monoisotopic (exact) mass is 366 g/mol. The van der Waals surface area contributed by atoms with Crippen LogP contribution in [0.5, 0.6) is 0 Å². The number of carbonyl (C=O) groups excluding carboxylic acids is 3. The molecule has 2 rings (SSSR count). The number of rotatable bonds is 8. The molecule has 25 heavy (non-hydrogen) atoms. The Morgan fingerprint density at radius 1 is 1.20 bits per heavy atom. The normalized spacial score (nSPS) is 14.7. The molecule has 1 atom stereocenters. The molecule has 0 heterocycles. The van der Waals surface area contributed by atoms with Gasteiger partial charge in [0.05, 0.1) is 0 Å². The Labute approximate surface area is 152 Å². The van der Waals surface area contributed by atoms with Gasteiger partial charge in [0, 0.05) is 16.6 Å².